The number of hydrogen-bond donors (Lipinski definition) is 0. The minimum absolute atomic E-state index is 0.353. The molecule has 1 rings (SSSR count). The molecule has 2 nitrogen and oxygen atoms in total. The van der Waals surface area contributed by atoms with Crippen molar-refractivity contribution in [3.8, 4) is 0 Å². The van der Waals surface area contributed by atoms with Gasteiger partial charge in [-0.25, -0.2) is 0 Å². The molecule has 106 valence electrons. The second kappa shape index (κ2) is 8.98. The van der Waals surface area contributed by atoms with E-state index in [1.165, 1.54) is 10.0 Å². The fraction of sp³-hybridized carbons (Fsp3) is 0.500. The summed E-state index contributed by atoms with van der Waals surface area (Å²) in [6.45, 7) is 7.30. The molecular weight excluding hydrogens is 339 g/mol. The summed E-state index contributed by atoms with van der Waals surface area (Å²) in [5, 5.41) is 0. The molecule has 0 aliphatic rings. The molecule has 5 heteroatoms. The number of benzene rings is 1. The Morgan fingerprint density at radius 2 is 1.84 bits per heavy atom. The van der Waals surface area contributed by atoms with Crippen molar-refractivity contribution < 1.29 is 0 Å². The Balaban J connectivity index is 2.64. The first-order valence-corrected chi connectivity index (χ1v) is 10.5. The Kier molecular flexibility index (Phi) is 8.03. The summed E-state index contributed by atoms with van der Waals surface area (Å²) in [4.78, 5) is 4.46. The normalized spacial score (nSPS) is 10.8. The molecule has 0 fully saturated rings. The Bertz CT molecular complexity index is 406. The predicted octanol–water partition coefficient (Wildman–Crippen LogP) is 2.35. The number of rotatable bonds is 6. The van der Waals surface area contributed by atoms with Crippen LogP contribution in [-0.2, 0) is 6.54 Å². The van der Waals surface area contributed by atoms with Crippen molar-refractivity contribution in [1.82, 2.24) is 9.80 Å². The Hall–Kier alpha value is -0.0605. The van der Waals surface area contributed by atoms with Gasteiger partial charge in [-0.05, 0) is 0 Å². The quantitative estimate of drug-likeness (QED) is 0.567. The fourth-order valence-electron chi connectivity index (χ4n) is 1.67. The average molecular weight is 361 g/mol. The molecule has 0 radical (unpaired) electrons. The molecule has 0 atom stereocenters. The Labute approximate surface area is 132 Å². The second-order valence-electron chi connectivity index (χ2n) is 4.45. The van der Waals surface area contributed by atoms with Gasteiger partial charge in [0, 0.05) is 0 Å². The van der Waals surface area contributed by atoms with Crippen LogP contribution in [0.2, 0.25) is 0 Å². The van der Waals surface area contributed by atoms with E-state index in [2.05, 4.69) is 62.0 Å². The van der Waals surface area contributed by atoms with E-state index in [0.717, 1.165) is 24.0 Å². The second-order valence-corrected chi connectivity index (χ2v) is 8.84. The fourth-order valence-corrected chi connectivity index (χ4v) is 6.29. The first kappa shape index (κ1) is 17.0. The summed E-state index contributed by atoms with van der Waals surface area (Å²) in [7, 11) is 6.05. The van der Waals surface area contributed by atoms with Crippen LogP contribution in [0.1, 0.15) is 19.4 Å². The van der Waals surface area contributed by atoms with Gasteiger partial charge in [0.15, 0.2) is 0 Å². The first-order valence-electron chi connectivity index (χ1n) is 6.44. The summed E-state index contributed by atoms with van der Waals surface area (Å²) in [6.07, 6.45) is 0. The molecule has 0 N–H and O–H groups in total. The third-order valence-electron chi connectivity index (χ3n) is 2.68. The molecule has 0 heterocycles. The molecule has 0 bridgehead atoms. The maximum atomic E-state index is 5.50. The van der Waals surface area contributed by atoms with Gasteiger partial charge in [-0.1, -0.05) is 0 Å². The van der Waals surface area contributed by atoms with Crippen LogP contribution in [0.5, 0.6) is 0 Å². The predicted molar refractivity (Wildman–Crippen MR) is 92.3 cm³/mol. The molecule has 0 saturated carbocycles. The van der Waals surface area contributed by atoms with Crippen LogP contribution < -0.4 is 4.46 Å². The number of nitrogens with zero attached hydrogens (tertiary/aromatic N) is 2. The van der Waals surface area contributed by atoms with E-state index in [-0.39, 0.29) is 0 Å². The van der Waals surface area contributed by atoms with Crippen LogP contribution in [0, 0.1) is 0 Å². The molecule has 0 aliphatic carbocycles. The molecule has 0 spiro atoms. The van der Waals surface area contributed by atoms with E-state index in [1.54, 1.807) is 0 Å². The Morgan fingerprint density at radius 3 is 2.42 bits per heavy atom. The molecule has 1 aromatic carbocycles. The van der Waals surface area contributed by atoms with E-state index >= 15 is 0 Å². The first-order chi connectivity index (χ1) is 9.08. The Morgan fingerprint density at radius 1 is 1.21 bits per heavy atom. The van der Waals surface area contributed by atoms with Crippen LogP contribution in [-0.4, -0.2) is 55.1 Å². The molecule has 0 aliphatic heterocycles. The van der Waals surface area contributed by atoms with Crippen LogP contribution in [0.15, 0.2) is 24.3 Å². The van der Waals surface area contributed by atoms with Gasteiger partial charge >= 0.3 is 132 Å². The van der Waals surface area contributed by atoms with Crippen molar-refractivity contribution in [2.24, 2.45) is 0 Å². The van der Waals surface area contributed by atoms with E-state index < -0.39 is 0 Å². The van der Waals surface area contributed by atoms with Gasteiger partial charge in [0.25, 0.3) is 0 Å². The van der Waals surface area contributed by atoms with Crippen LogP contribution in [0.4, 0.5) is 0 Å². The molecule has 0 amide bonds. The van der Waals surface area contributed by atoms with Gasteiger partial charge in [-0.2, -0.15) is 0 Å². The van der Waals surface area contributed by atoms with Crippen molar-refractivity contribution >= 4 is 45.0 Å². The van der Waals surface area contributed by atoms with Crippen LogP contribution in [0.3, 0.4) is 0 Å². The zero-order chi connectivity index (χ0) is 14.3. The third kappa shape index (κ3) is 5.84. The minimum atomic E-state index is 0.353. The SMILES string of the molecule is CCN(CC)C(=S)S[Se]c1ccccc1CN(C)C. The molecule has 19 heavy (non-hydrogen) atoms. The molecule has 0 unspecified atom stereocenters. The van der Waals surface area contributed by atoms with Crippen molar-refractivity contribution in [2.45, 2.75) is 20.4 Å². The molecule has 0 saturated heterocycles. The van der Waals surface area contributed by atoms with Gasteiger partial charge in [-0.3, -0.25) is 0 Å². The van der Waals surface area contributed by atoms with Crippen molar-refractivity contribution in [3.63, 3.8) is 0 Å². The third-order valence-corrected chi connectivity index (χ3v) is 8.05. The van der Waals surface area contributed by atoms with E-state index in [9.17, 15) is 0 Å². The van der Waals surface area contributed by atoms with Gasteiger partial charge in [0.05, 0.1) is 0 Å². The zero-order valence-electron chi connectivity index (χ0n) is 12.0. The van der Waals surface area contributed by atoms with Crippen molar-refractivity contribution in [3.05, 3.63) is 29.8 Å². The summed E-state index contributed by atoms with van der Waals surface area (Å²) < 4.78 is 2.48. The van der Waals surface area contributed by atoms with E-state index in [0.29, 0.717) is 13.8 Å². The molecular formula is C14H22N2S2Se. The van der Waals surface area contributed by atoms with Crippen LogP contribution >= 0.6 is 22.4 Å². The zero-order valence-corrected chi connectivity index (χ0v) is 15.4. The maximum absolute atomic E-state index is 5.50. The molecule has 0 aromatic heterocycles. The average Bonchev–Trinajstić information content (AvgIpc) is 2.38. The van der Waals surface area contributed by atoms with Gasteiger partial charge in [-0.15, -0.1) is 0 Å². The van der Waals surface area contributed by atoms with Crippen molar-refractivity contribution in [1.29, 1.82) is 0 Å². The van der Waals surface area contributed by atoms with Gasteiger partial charge < -0.3 is 0 Å². The van der Waals surface area contributed by atoms with Crippen molar-refractivity contribution in [2.75, 3.05) is 27.2 Å². The van der Waals surface area contributed by atoms with E-state index in [1.807, 2.05) is 10.2 Å². The number of hydrogen-bond acceptors (Lipinski definition) is 3. The summed E-state index contributed by atoms with van der Waals surface area (Å²) in [6, 6.07) is 8.69. The standard InChI is InChI=1S/C14H22N2S2Se/c1-5-16(6-2)14(17)18-19-13-10-8-7-9-12(13)11-15(3)4/h7-10H,5-6,11H2,1-4H3. The monoisotopic (exact) mass is 362 g/mol. The van der Waals surface area contributed by atoms with Gasteiger partial charge in [0.1, 0.15) is 0 Å². The topological polar surface area (TPSA) is 6.48 Å². The molecule has 1 aromatic rings. The van der Waals surface area contributed by atoms with Gasteiger partial charge in [0.2, 0.25) is 0 Å². The summed E-state index contributed by atoms with van der Waals surface area (Å²) in [5.74, 6) is 0. The summed E-state index contributed by atoms with van der Waals surface area (Å²) in [5.41, 5.74) is 1.42. The number of thiocarbonyl (C=S) groups is 1. The van der Waals surface area contributed by atoms with Crippen LogP contribution in [0.25, 0.3) is 0 Å². The summed E-state index contributed by atoms with van der Waals surface area (Å²) >= 11 is 5.85. The van der Waals surface area contributed by atoms with E-state index in [4.69, 9.17) is 12.2 Å².